The van der Waals surface area contributed by atoms with E-state index in [1.165, 1.54) is 11.3 Å². The van der Waals surface area contributed by atoms with Gasteiger partial charge >= 0.3 is 0 Å². The van der Waals surface area contributed by atoms with Crippen molar-refractivity contribution in [2.75, 3.05) is 13.7 Å². The molecule has 1 atom stereocenters. The zero-order valence-electron chi connectivity index (χ0n) is 12.4. The Morgan fingerprint density at radius 3 is 2.74 bits per heavy atom. The van der Waals surface area contributed by atoms with Crippen LogP contribution in [0.1, 0.15) is 44.1 Å². The van der Waals surface area contributed by atoms with Gasteiger partial charge in [0.1, 0.15) is 0 Å². The summed E-state index contributed by atoms with van der Waals surface area (Å²) < 4.78 is 0. The molecule has 3 heteroatoms. The molecule has 1 heterocycles. The molecule has 0 bridgehead atoms. The highest BCUT2D eigenvalue weighted by Gasteiger charge is 2.13. The molecule has 0 aliphatic carbocycles. The zero-order chi connectivity index (χ0) is 14.3. The highest BCUT2D eigenvalue weighted by atomic mass is 32.1. The van der Waals surface area contributed by atoms with Crippen LogP contribution in [0.15, 0.2) is 11.4 Å². The number of hydrogen-bond acceptors (Lipinski definition) is 3. The first kappa shape index (κ1) is 16.2. The Morgan fingerprint density at radius 2 is 2.11 bits per heavy atom. The smallest absolute Gasteiger partial charge is 0.0540 e. The molecular weight excluding hydrogens is 254 g/mol. The van der Waals surface area contributed by atoms with Crippen molar-refractivity contribution in [3.05, 3.63) is 21.9 Å². The van der Waals surface area contributed by atoms with Crippen LogP contribution in [-0.4, -0.2) is 29.7 Å². The van der Waals surface area contributed by atoms with Crippen molar-refractivity contribution < 1.29 is 5.11 Å². The van der Waals surface area contributed by atoms with E-state index in [1.807, 2.05) is 0 Å². The molecule has 0 aromatic carbocycles. The fourth-order valence-electron chi connectivity index (χ4n) is 2.03. The fraction of sp³-hybridized carbons (Fsp3) is 0.625. The van der Waals surface area contributed by atoms with E-state index in [1.54, 1.807) is 11.3 Å². The molecule has 1 aromatic rings. The molecule has 19 heavy (non-hydrogen) atoms. The standard InChI is InChI=1S/C16H25NOS/c1-13(2)11-14(3)17(4)12-16-15(8-10-19-16)7-5-6-9-18/h8,10,13-14,18H,6,9,11-12H2,1-4H3. The van der Waals surface area contributed by atoms with E-state index in [0.717, 1.165) is 18.0 Å². The predicted molar refractivity (Wildman–Crippen MR) is 83.3 cm³/mol. The summed E-state index contributed by atoms with van der Waals surface area (Å²) in [6, 6.07) is 2.66. The number of aliphatic hydroxyl groups excluding tert-OH is 1. The van der Waals surface area contributed by atoms with Gasteiger partial charge in [0, 0.05) is 29.4 Å². The van der Waals surface area contributed by atoms with Crippen molar-refractivity contribution in [1.29, 1.82) is 0 Å². The lowest BCUT2D eigenvalue weighted by Gasteiger charge is -2.25. The summed E-state index contributed by atoms with van der Waals surface area (Å²) in [5.41, 5.74) is 1.11. The lowest BCUT2D eigenvalue weighted by molar-refractivity contribution is 0.222. The summed E-state index contributed by atoms with van der Waals surface area (Å²) in [4.78, 5) is 3.71. The van der Waals surface area contributed by atoms with Gasteiger partial charge in [0.05, 0.1) is 6.61 Å². The van der Waals surface area contributed by atoms with Gasteiger partial charge in [-0.3, -0.25) is 4.90 Å². The van der Waals surface area contributed by atoms with Crippen LogP contribution < -0.4 is 0 Å². The summed E-state index contributed by atoms with van der Waals surface area (Å²) in [5.74, 6) is 6.88. The molecule has 0 fully saturated rings. The van der Waals surface area contributed by atoms with Crippen molar-refractivity contribution in [1.82, 2.24) is 4.90 Å². The largest absolute Gasteiger partial charge is 0.395 e. The molecule has 0 amide bonds. The number of hydrogen-bond donors (Lipinski definition) is 1. The molecule has 1 N–H and O–H groups in total. The van der Waals surface area contributed by atoms with Gasteiger partial charge in [-0.1, -0.05) is 25.7 Å². The van der Waals surface area contributed by atoms with E-state index in [9.17, 15) is 0 Å². The average molecular weight is 279 g/mol. The van der Waals surface area contributed by atoms with Gasteiger partial charge in [-0.05, 0) is 37.8 Å². The Balaban J connectivity index is 2.62. The quantitative estimate of drug-likeness (QED) is 0.807. The minimum atomic E-state index is 0.137. The monoisotopic (exact) mass is 279 g/mol. The molecule has 0 spiro atoms. The molecule has 0 saturated carbocycles. The SMILES string of the molecule is CC(C)CC(C)N(C)Cc1sccc1C#CCCO. The van der Waals surface area contributed by atoms with Crippen molar-refractivity contribution in [2.45, 2.75) is 46.2 Å². The van der Waals surface area contributed by atoms with Crippen LogP contribution >= 0.6 is 11.3 Å². The summed E-state index contributed by atoms with van der Waals surface area (Å²) in [7, 11) is 2.18. The topological polar surface area (TPSA) is 23.5 Å². The minimum absolute atomic E-state index is 0.137. The van der Waals surface area contributed by atoms with Crippen LogP contribution in [0.2, 0.25) is 0 Å². The highest BCUT2D eigenvalue weighted by Crippen LogP contribution is 2.20. The molecule has 0 saturated heterocycles. The van der Waals surface area contributed by atoms with Crippen LogP contribution in [0.4, 0.5) is 0 Å². The first-order valence-electron chi connectivity index (χ1n) is 6.91. The number of aliphatic hydroxyl groups is 1. The third kappa shape index (κ3) is 5.78. The summed E-state index contributed by atoms with van der Waals surface area (Å²) in [6.07, 6.45) is 1.77. The fourth-order valence-corrected chi connectivity index (χ4v) is 2.93. The molecular formula is C16H25NOS. The summed E-state index contributed by atoms with van der Waals surface area (Å²) in [5, 5.41) is 10.9. The van der Waals surface area contributed by atoms with E-state index in [-0.39, 0.29) is 6.61 Å². The molecule has 1 unspecified atom stereocenters. The first-order valence-corrected chi connectivity index (χ1v) is 7.79. The molecule has 0 radical (unpaired) electrons. The molecule has 0 aliphatic rings. The van der Waals surface area contributed by atoms with Gasteiger partial charge < -0.3 is 5.11 Å². The Morgan fingerprint density at radius 1 is 1.37 bits per heavy atom. The second-order valence-electron chi connectivity index (χ2n) is 5.43. The average Bonchev–Trinajstić information content (AvgIpc) is 2.76. The second-order valence-corrected chi connectivity index (χ2v) is 6.43. The van der Waals surface area contributed by atoms with Gasteiger partial charge in [0.25, 0.3) is 0 Å². The van der Waals surface area contributed by atoms with E-state index >= 15 is 0 Å². The third-order valence-corrected chi connectivity index (χ3v) is 4.07. The number of rotatable bonds is 6. The Hall–Kier alpha value is -0.820. The van der Waals surface area contributed by atoms with Crippen LogP contribution in [0, 0.1) is 17.8 Å². The maximum absolute atomic E-state index is 8.76. The van der Waals surface area contributed by atoms with Crippen LogP contribution in [0.3, 0.4) is 0 Å². The van der Waals surface area contributed by atoms with Crippen molar-refractivity contribution >= 4 is 11.3 Å². The lowest BCUT2D eigenvalue weighted by atomic mass is 10.0. The summed E-state index contributed by atoms with van der Waals surface area (Å²) in [6.45, 7) is 7.90. The molecule has 1 rings (SSSR count). The van der Waals surface area contributed by atoms with Crippen LogP contribution in [0.5, 0.6) is 0 Å². The first-order chi connectivity index (χ1) is 9.04. The highest BCUT2D eigenvalue weighted by molar-refractivity contribution is 7.10. The molecule has 2 nitrogen and oxygen atoms in total. The summed E-state index contributed by atoms with van der Waals surface area (Å²) >= 11 is 1.77. The Kier molecular flexibility index (Phi) is 7.15. The third-order valence-electron chi connectivity index (χ3n) is 3.16. The molecule has 106 valence electrons. The van der Waals surface area contributed by atoms with E-state index in [4.69, 9.17) is 5.11 Å². The number of nitrogens with zero attached hydrogens (tertiary/aromatic N) is 1. The number of thiophene rings is 1. The molecule has 1 aromatic heterocycles. The van der Waals surface area contributed by atoms with Crippen molar-refractivity contribution in [2.24, 2.45) is 5.92 Å². The van der Waals surface area contributed by atoms with E-state index in [2.05, 4.69) is 56.0 Å². The van der Waals surface area contributed by atoms with E-state index < -0.39 is 0 Å². The van der Waals surface area contributed by atoms with Crippen LogP contribution in [0.25, 0.3) is 0 Å². The van der Waals surface area contributed by atoms with Crippen molar-refractivity contribution in [3.8, 4) is 11.8 Å². The van der Waals surface area contributed by atoms with Crippen LogP contribution in [-0.2, 0) is 6.54 Å². The van der Waals surface area contributed by atoms with E-state index in [0.29, 0.717) is 12.5 Å². The van der Waals surface area contributed by atoms with Gasteiger partial charge in [0.2, 0.25) is 0 Å². The minimum Gasteiger partial charge on any atom is -0.395 e. The lowest BCUT2D eigenvalue weighted by Crippen LogP contribution is -2.29. The van der Waals surface area contributed by atoms with Gasteiger partial charge in [-0.25, -0.2) is 0 Å². The predicted octanol–water partition coefficient (Wildman–Crippen LogP) is 3.35. The van der Waals surface area contributed by atoms with Crippen molar-refractivity contribution in [3.63, 3.8) is 0 Å². The maximum Gasteiger partial charge on any atom is 0.0540 e. The molecule has 0 aliphatic heterocycles. The maximum atomic E-state index is 8.76. The zero-order valence-corrected chi connectivity index (χ0v) is 13.3. The van der Waals surface area contributed by atoms with Gasteiger partial charge in [-0.2, -0.15) is 0 Å². The second kappa shape index (κ2) is 8.37. The normalized spacial score (nSPS) is 12.6. The van der Waals surface area contributed by atoms with Gasteiger partial charge in [0.15, 0.2) is 0 Å². The Bertz CT molecular complexity index is 427. The Labute approximate surface area is 121 Å². The van der Waals surface area contributed by atoms with Gasteiger partial charge in [-0.15, -0.1) is 11.3 Å².